The van der Waals surface area contributed by atoms with E-state index in [1.807, 2.05) is 10.8 Å². The van der Waals surface area contributed by atoms with Gasteiger partial charge in [0.2, 0.25) is 5.91 Å². The number of rotatable bonds is 5. The van der Waals surface area contributed by atoms with Crippen LogP contribution in [0.3, 0.4) is 0 Å². The first-order chi connectivity index (χ1) is 6.33. The average molecular weight is 182 g/mol. The van der Waals surface area contributed by atoms with Crippen LogP contribution in [0.15, 0.2) is 18.7 Å². The summed E-state index contributed by atoms with van der Waals surface area (Å²) in [6.45, 7) is 1.96. The first-order valence-corrected chi connectivity index (χ1v) is 4.20. The average Bonchev–Trinajstić information content (AvgIpc) is 2.64. The largest absolute Gasteiger partial charge is 0.358 e. The predicted molar refractivity (Wildman–Crippen MR) is 49.2 cm³/mol. The lowest BCUT2D eigenvalue weighted by Gasteiger charge is -2.03. The summed E-state index contributed by atoms with van der Waals surface area (Å²) >= 11 is 0. The Morgan fingerprint density at radius 2 is 2.46 bits per heavy atom. The number of hydrogen-bond acceptors (Lipinski definition) is 3. The van der Waals surface area contributed by atoms with Crippen molar-refractivity contribution in [1.29, 1.82) is 0 Å². The lowest BCUT2D eigenvalue weighted by molar-refractivity contribution is -0.119. The van der Waals surface area contributed by atoms with Crippen LogP contribution in [0.1, 0.15) is 0 Å². The zero-order valence-electron chi connectivity index (χ0n) is 7.66. The number of nitrogens with zero attached hydrogens (tertiary/aromatic N) is 2. The summed E-state index contributed by atoms with van der Waals surface area (Å²) in [5.74, 6) is 0.00521. The minimum absolute atomic E-state index is 0.00521. The second-order valence-electron chi connectivity index (χ2n) is 2.65. The standard InChI is InChI=1S/C8H14N4O/c1-9-8(13)6-10-2-4-12-5-3-11-7-12/h3,5,7,10H,2,4,6H2,1H3,(H,9,13). The molecule has 0 saturated carbocycles. The van der Waals surface area contributed by atoms with Crippen molar-refractivity contribution in [3.63, 3.8) is 0 Å². The van der Waals surface area contributed by atoms with Gasteiger partial charge in [-0.3, -0.25) is 4.79 Å². The molecule has 0 spiro atoms. The van der Waals surface area contributed by atoms with E-state index in [4.69, 9.17) is 0 Å². The Labute approximate surface area is 77.2 Å². The van der Waals surface area contributed by atoms with Crippen molar-refractivity contribution in [2.24, 2.45) is 0 Å². The molecule has 13 heavy (non-hydrogen) atoms. The maximum absolute atomic E-state index is 10.8. The SMILES string of the molecule is CNC(=O)CNCCn1ccnc1. The van der Waals surface area contributed by atoms with Crippen molar-refractivity contribution in [3.8, 4) is 0 Å². The van der Waals surface area contributed by atoms with E-state index in [0.717, 1.165) is 13.1 Å². The lowest BCUT2D eigenvalue weighted by Crippen LogP contribution is -2.32. The van der Waals surface area contributed by atoms with Crippen LogP contribution in [-0.2, 0) is 11.3 Å². The van der Waals surface area contributed by atoms with Gasteiger partial charge in [-0.1, -0.05) is 0 Å². The molecule has 0 atom stereocenters. The Morgan fingerprint density at radius 1 is 1.62 bits per heavy atom. The molecule has 72 valence electrons. The maximum atomic E-state index is 10.8. The molecule has 1 amide bonds. The molecule has 0 aromatic carbocycles. The van der Waals surface area contributed by atoms with Crippen LogP contribution in [0.4, 0.5) is 0 Å². The van der Waals surface area contributed by atoms with E-state index in [1.165, 1.54) is 0 Å². The van der Waals surface area contributed by atoms with Gasteiger partial charge in [0.1, 0.15) is 0 Å². The number of carbonyl (C=O) groups excluding carboxylic acids is 1. The van der Waals surface area contributed by atoms with Gasteiger partial charge in [-0.2, -0.15) is 0 Å². The molecular weight excluding hydrogens is 168 g/mol. The summed E-state index contributed by atoms with van der Waals surface area (Å²) in [6.07, 6.45) is 5.38. The zero-order chi connectivity index (χ0) is 9.52. The zero-order valence-corrected chi connectivity index (χ0v) is 7.66. The third-order valence-corrected chi connectivity index (χ3v) is 1.67. The van der Waals surface area contributed by atoms with E-state index < -0.39 is 0 Å². The fourth-order valence-corrected chi connectivity index (χ4v) is 0.917. The number of aromatic nitrogens is 2. The predicted octanol–water partition coefficient (Wildman–Crippen LogP) is -0.781. The molecule has 0 bridgehead atoms. The number of likely N-dealkylation sites (N-methyl/N-ethyl adjacent to an activating group) is 1. The molecule has 5 nitrogen and oxygen atoms in total. The number of carbonyl (C=O) groups is 1. The van der Waals surface area contributed by atoms with Crippen LogP contribution in [0, 0.1) is 0 Å². The molecule has 0 unspecified atom stereocenters. The van der Waals surface area contributed by atoms with Crippen LogP contribution >= 0.6 is 0 Å². The summed E-state index contributed by atoms with van der Waals surface area (Å²) in [5.41, 5.74) is 0. The van der Waals surface area contributed by atoms with Crippen LogP contribution < -0.4 is 10.6 Å². The molecule has 1 aromatic heterocycles. The highest BCUT2D eigenvalue weighted by molar-refractivity contribution is 5.77. The summed E-state index contributed by atoms with van der Waals surface area (Å²) < 4.78 is 1.96. The van der Waals surface area contributed by atoms with Gasteiger partial charge in [0, 0.05) is 32.5 Å². The molecule has 1 aromatic rings. The van der Waals surface area contributed by atoms with Crippen LogP contribution in [0.25, 0.3) is 0 Å². The lowest BCUT2D eigenvalue weighted by atomic mass is 10.5. The first kappa shape index (κ1) is 9.73. The van der Waals surface area contributed by atoms with E-state index in [-0.39, 0.29) is 5.91 Å². The molecule has 0 aliphatic carbocycles. The third-order valence-electron chi connectivity index (χ3n) is 1.67. The smallest absolute Gasteiger partial charge is 0.233 e. The van der Waals surface area contributed by atoms with Gasteiger partial charge in [0.05, 0.1) is 12.9 Å². The van der Waals surface area contributed by atoms with Crippen LogP contribution in [0.2, 0.25) is 0 Å². The van der Waals surface area contributed by atoms with E-state index in [9.17, 15) is 4.79 Å². The molecular formula is C8H14N4O. The normalized spacial score (nSPS) is 9.92. The highest BCUT2D eigenvalue weighted by Crippen LogP contribution is 1.82. The fourth-order valence-electron chi connectivity index (χ4n) is 0.917. The van der Waals surface area contributed by atoms with Crippen LogP contribution in [0.5, 0.6) is 0 Å². The Hall–Kier alpha value is -1.36. The van der Waals surface area contributed by atoms with Gasteiger partial charge >= 0.3 is 0 Å². The maximum Gasteiger partial charge on any atom is 0.233 e. The van der Waals surface area contributed by atoms with E-state index in [2.05, 4.69) is 15.6 Å². The van der Waals surface area contributed by atoms with Crippen molar-refractivity contribution in [2.75, 3.05) is 20.1 Å². The summed E-state index contributed by atoms with van der Waals surface area (Å²) in [7, 11) is 1.62. The Morgan fingerprint density at radius 3 is 3.08 bits per heavy atom. The number of imidazole rings is 1. The van der Waals surface area contributed by atoms with Gasteiger partial charge < -0.3 is 15.2 Å². The van der Waals surface area contributed by atoms with Gasteiger partial charge in [-0.15, -0.1) is 0 Å². The minimum Gasteiger partial charge on any atom is -0.358 e. The fraction of sp³-hybridized carbons (Fsp3) is 0.500. The Kier molecular flexibility index (Phi) is 3.98. The number of hydrogen-bond donors (Lipinski definition) is 2. The molecule has 1 rings (SSSR count). The van der Waals surface area contributed by atoms with E-state index >= 15 is 0 Å². The second kappa shape index (κ2) is 5.31. The monoisotopic (exact) mass is 182 g/mol. The van der Waals surface area contributed by atoms with E-state index in [1.54, 1.807) is 19.6 Å². The second-order valence-corrected chi connectivity index (χ2v) is 2.65. The molecule has 5 heteroatoms. The summed E-state index contributed by atoms with van der Waals surface area (Å²) in [6, 6.07) is 0. The van der Waals surface area contributed by atoms with Crippen molar-refractivity contribution < 1.29 is 4.79 Å². The Bertz CT molecular complexity index is 245. The molecule has 0 radical (unpaired) electrons. The van der Waals surface area contributed by atoms with Crippen LogP contribution in [-0.4, -0.2) is 35.6 Å². The Balaban J connectivity index is 2.05. The summed E-state index contributed by atoms with van der Waals surface area (Å²) in [5, 5.41) is 5.55. The highest BCUT2D eigenvalue weighted by Gasteiger charge is 1.95. The molecule has 0 fully saturated rings. The van der Waals surface area contributed by atoms with Crippen molar-refractivity contribution in [3.05, 3.63) is 18.7 Å². The van der Waals surface area contributed by atoms with Crippen molar-refractivity contribution in [2.45, 2.75) is 6.54 Å². The van der Waals surface area contributed by atoms with Crippen molar-refractivity contribution >= 4 is 5.91 Å². The first-order valence-electron chi connectivity index (χ1n) is 4.20. The van der Waals surface area contributed by atoms with Gasteiger partial charge in [0.15, 0.2) is 0 Å². The molecule has 0 saturated heterocycles. The van der Waals surface area contributed by atoms with E-state index in [0.29, 0.717) is 6.54 Å². The molecule has 0 aliphatic rings. The topological polar surface area (TPSA) is 59.0 Å². The number of amides is 1. The third kappa shape index (κ3) is 3.71. The quantitative estimate of drug-likeness (QED) is 0.587. The van der Waals surface area contributed by atoms with Crippen molar-refractivity contribution in [1.82, 2.24) is 20.2 Å². The van der Waals surface area contributed by atoms with Gasteiger partial charge in [-0.25, -0.2) is 4.98 Å². The van der Waals surface area contributed by atoms with Gasteiger partial charge in [0.25, 0.3) is 0 Å². The number of nitrogens with one attached hydrogen (secondary N) is 2. The molecule has 2 N–H and O–H groups in total. The molecule has 1 heterocycles. The van der Waals surface area contributed by atoms with Gasteiger partial charge in [-0.05, 0) is 0 Å². The highest BCUT2D eigenvalue weighted by atomic mass is 16.1. The summed E-state index contributed by atoms with van der Waals surface area (Å²) in [4.78, 5) is 14.7. The minimum atomic E-state index is 0.00521. The molecule has 0 aliphatic heterocycles.